The van der Waals surface area contributed by atoms with Gasteiger partial charge in [-0.05, 0) is 49.3 Å². The monoisotopic (exact) mass is 314 g/mol. The molecule has 0 aromatic heterocycles. The Balaban J connectivity index is 1.82. The summed E-state index contributed by atoms with van der Waals surface area (Å²) in [5, 5.41) is 9.35. The van der Waals surface area contributed by atoms with Crippen LogP contribution in [0.1, 0.15) is 25.3 Å². The van der Waals surface area contributed by atoms with Crippen molar-refractivity contribution < 1.29 is 8.42 Å². The van der Waals surface area contributed by atoms with Crippen molar-refractivity contribution in [2.45, 2.75) is 42.4 Å². The molecule has 112 valence electrons. The number of thioether (sulfide) groups is 1. The highest BCUT2D eigenvalue weighted by Gasteiger charge is 2.20. The Kier molecular flexibility index (Phi) is 5.49. The molecular weight excluding hydrogens is 292 g/mol. The topological polar surface area (TPSA) is 72.2 Å². The van der Waals surface area contributed by atoms with Crippen molar-refractivity contribution in [2.75, 3.05) is 12.3 Å². The first kappa shape index (κ1) is 15.8. The van der Waals surface area contributed by atoms with E-state index in [1.54, 1.807) is 12.1 Å². The van der Waals surface area contributed by atoms with E-state index in [4.69, 9.17) is 5.14 Å². The van der Waals surface area contributed by atoms with E-state index in [9.17, 15) is 8.42 Å². The Morgan fingerprint density at radius 2 is 2.05 bits per heavy atom. The van der Waals surface area contributed by atoms with Crippen molar-refractivity contribution in [3.63, 3.8) is 0 Å². The van der Waals surface area contributed by atoms with Crippen LogP contribution in [0.15, 0.2) is 29.2 Å². The Morgan fingerprint density at radius 1 is 1.35 bits per heavy atom. The number of sulfonamides is 1. The Labute approximate surface area is 125 Å². The Hall–Kier alpha value is -0.560. The molecule has 0 aliphatic carbocycles. The van der Waals surface area contributed by atoms with E-state index >= 15 is 0 Å². The molecule has 2 atom stereocenters. The second kappa shape index (κ2) is 6.93. The summed E-state index contributed by atoms with van der Waals surface area (Å²) < 4.78 is 22.3. The van der Waals surface area contributed by atoms with Gasteiger partial charge < -0.3 is 5.32 Å². The minimum atomic E-state index is -3.58. The number of primary sulfonamides is 1. The summed E-state index contributed by atoms with van der Waals surface area (Å²) in [5.41, 5.74) is 1.13. The first-order valence-corrected chi connectivity index (χ1v) is 9.53. The summed E-state index contributed by atoms with van der Waals surface area (Å²) in [5.74, 6) is 1.27. The lowest BCUT2D eigenvalue weighted by Gasteiger charge is -2.29. The third-order valence-corrected chi connectivity index (χ3v) is 5.99. The second-order valence-corrected chi connectivity index (χ2v) is 8.26. The molecule has 2 unspecified atom stereocenters. The van der Waals surface area contributed by atoms with E-state index in [2.05, 4.69) is 12.2 Å². The smallest absolute Gasteiger partial charge is 0.238 e. The fourth-order valence-electron chi connectivity index (χ4n) is 2.44. The van der Waals surface area contributed by atoms with Crippen LogP contribution in [0.5, 0.6) is 0 Å². The molecule has 1 aromatic carbocycles. The van der Waals surface area contributed by atoms with Gasteiger partial charge in [-0.25, -0.2) is 13.6 Å². The predicted octanol–water partition coefficient (Wildman–Crippen LogP) is 1.75. The van der Waals surface area contributed by atoms with Gasteiger partial charge in [-0.1, -0.05) is 19.1 Å². The molecule has 0 radical (unpaired) electrons. The maximum atomic E-state index is 11.2. The minimum Gasteiger partial charge on any atom is -0.313 e. The molecule has 0 saturated carbocycles. The van der Waals surface area contributed by atoms with Gasteiger partial charge in [-0.2, -0.15) is 11.8 Å². The summed E-state index contributed by atoms with van der Waals surface area (Å²) in [6.07, 6.45) is 3.44. The highest BCUT2D eigenvalue weighted by molar-refractivity contribution is 7.99. The largest absolute Gasteiger partial charge is 0.313 e. The highest BCUT2D eigenvalue weighted by atomic mass is 32.2. The fraction of sp³-hybridized carbons (Fsp3) is 0.571. The number of nitrogens with one attached hydrogen (secondary N) is 1. The third-order valence-electron chi connectivity index (χ3n) is 3.68. The van der Waals surface area contributed by atoms with E-state index in [1.807, 2.05) is 23.9 Å². The van der Waals surface area contributed by atoms with Crippen molar-refractivity contribution in [3.8, 4) is 0 Å². The number of benzene rings is 1. The SMILES string of the molecule is CC1SCCCC1NCCc1ccc(S(N)(=O)=O)cc1. The first-order chi connectivity index (χ1) is 9.47. The van der Waals surface area contributed by atoms with Crippen molar-refractivity contribution >= 4 is 21.8 Å². The Bertz CT molecular complexity index is 529. The second-order valence-electron chi connectivity index (χ2n) is 5.22. The quantitative estimate of drug-likeness (QED) is 0.868. The van der Waals surface area contributed by atoms with Crippen LogP contribution >= 0.6 is 11.8 Å². The van der Waals surface area contributed by atoms with Gasteiger partial charge in [-0.3, -0.25) is 0 Å². The average Bonchev–Trinajstić information content (AvgIpc) is 2.40. The van der Waals surface area contributed by atoms with E-state index in [0.717, 1.165) is 18.5 Å². The number of nitrogens with two attached hydrogens (primary N) is 1. The van der Waals surface area contributed by atoms with Crippen LogP contribution in [0.4, 0.5) is 0 Å². The molecule has 1 saturated heterocycles. The lowest BCUT2D eigenvalue weighted by atomic mass is 10.1. The molecule has 4 nitrogen and oxygen atoms in total. The normalized spacial score (nSPS) is 23.7. The molecule has 6 heteroatoms. The lowest BCUT2D eigenvalue weighted by Crippen LogP contribution is -2.40. The van der Waals surface area contributed by atoms with Gasteiger partial charge in [0.25, 0.3) is 0 Å². The first-order valence-electron chi connectivity index (χ1n) is 6.93. The highest BCUT2D eigenvalue weighted by Crippen LogP contribution is 2.24. The summed E-state index contributed by atoms with van der Waals surface area (Å²) in [6.45, 7) is 3.20. The van der Waals surface area contributed by atoms with Gasteiger partial charge in [-0.15, -0.1) is 0 Å². The molecular formula is C14H22N2O2S2. The summed E-state index contributed by atoms with van der Waals surface area (Å²) in [7, 11) is -3.58. The van der Waals surface area contributed by atoms with E-state index in [0.29, 0.717) is 11.3 Å². The lowest BCUT2D eigenvalue weighted by molar-refractivity contribution is 0.466. The van der Waals surface area contributed by atoms with Crippen LogP contribution in [0.2, 0.25) is 0 Å². The molecule has 1 aliphatic rings. The van der Waals surface area contributed by atoms with Gasteiger partial charge in [0.15, 0.2) is 0 Å². The predicted molar refractivity (Wildman–Crippen MR) is 84.5 cm³/mol. The maximum Gasteiger partial charge on any atom is 0.238 e. The standard InChI is InChI=1S/C14H22N2O2S2/c1-11-14(3-2-10-19-11)16-9-8-12-4-6-13(7-5-12)20(15,17)18/h4-7,11,14,16H,2-3,8-10H2,1H3,(H2,15,17,18). The zero-order valence-electron chi connectivity index (χ0n) is 11.7. The maximum absolute atomic E-state index is 11.2. The van der Waals surface area contributed by atoms with E-state index in [1.165, 1.54) is 18.6 Å². The molecule has 1 heterocycles. The third kappa shape index (κ3) is 4.48. The molecule has 20 heavy (non-hydrogen) atoms. The zero-order valence-corrected chi connectivity index (χ0v) is 13.3. The van der Waals surface area contributed by atoms with Crippen LogP contribution < -0.4 is 10.5 Å². The zero-order chi connectivity index (χ0) is 14.6. The van der Waals surface area contributed by atoms with Gasteiger partial charge in [0.2, 0.25) is 10.0 Å². The molecule has 2 rings (SSSR count). The van der Waals surface area contributed by atoms with Crippen LogP contribution in [-0.4, -0.2) is 32.0 Å². The van der Waals surface area contributed by atoms with Crippen molar-refractivity contribution in [3.05, 3.63) is 29.8 Å². The summed E-state index contributed by atoms with van der Waals surface area (Å²) in [6, 6.07) is 7.41. The van der Waals surface area contributed by atoms with Crippen LogP contribution in [0.25, 0.3) is 0 Å². The van der Waals surface area contributed by atoms with E-state index < -0.39 is 10.0 Å². The molecule has 1 aromatic rings. The number of rotatable bonds is 5. The summed E-state index contributed by atoms with van der Waals surface area (Å²) >= 11 is 2.03. The fourth-order valence-corrected chi connectivity index (χ4v) is 4.12. The molecule has 1 fully saturated rings. The molecule has 0 spiro atoms. The van der Waals surface area contributed by atoms with Gasteiger partial charge in [0, 0.05) is 11.3 Å². The van der Waals surface area contributed by atoms with Gasteiger partial charge in [0.05, 0.1) is 4.90 Å². The van der Waals surface area contributed by atoms with Crippen molar-refractivity contribution in [1.29, 1.82) is 0 Å². The molecule has 0 bridgehead atoms. The Morgan fingerprint density at radius 3 is 2.65 bits per heavy atom. The van der Waals surface area contributed by atoms with Crippen LogP contribution in [0.3, 0.4) is 0 Å². The minimum absolute atomic E-state index is 0.173. The average molecular weight is 314 g/mol. The molecule has 1 aliphatic heterocycles. The van der Waals surface area contributed by atoms with Crippen molar-refractivity contribution in [2.24, 2.45) is 5.14 Å². The van der Waals surface area contributed by atoms with Gasteiger partial charge >= 0.3 is 0 Å². The number of hydrogen-bond donors (Lipinski definition) is 2. The molecule has 3 N–H and O–H groups in total. The van der Waals surface area contributed by atoms with Gasteiger partial charge in [0.1, 0.15) is 0 Å². The summed E-state index contributed by atoms with van der Waals surface area (Å²) in [4.78, 5) is 0.173. The van der Waals surface area contributed by atoms with Crippen molar-refractivity contribution in [1.82, 2.24) is 5.32 Å². The van der Waals surface area contributed by atoms with Crippen LogP contribution in [-0.2, 0) is 16.4 Å². The van der Waals surface area contributed by atoms with E-state index in [-0.39, 0.29) is 4.90 Å². The van der Waals surface area contributed by atoms with Crippen LogP contribution in [0, 0.1) is 0 Å². The number of hydrogen-bond acceptors (Lipinski definition) is 4. The molecule has 0 amide bonds.